The molecule has 0 unspecified atom stereocenters. The third-order valence-corrected chi connectivity index (χ3v) is 9.18. The van der Waals surface area contributed by atoms with Crippen molar-refractivity contribution in [1.29, 1.82) is 0 Å². The minimum Gasteiger partial charge on any atom is -0.465 e. The predicted octanol–water partition coefficient (Wildman–Crippen LogP) is 8.34. The van der Waals surface area contributed by atoms with E-state index in [2.05, 4.69) is 24.0 Å². The van der Waals surface area contributed by atoms with E-state index in [1.54, 1.807) is 4.90 Å². The van der Waals surface area contributed by atoms with Crippen LogP contribution in [0, 0.1) is 6.92 Å². The summed E-state index contributed by atoms with van der Waals surface area (Å²) in [7, 11) is 0. The van der Waals surface area contributed by atoms with Gasteiger partial charge in [0.25, 0.3) is 0 Å². The van der Waals surface area contributed by atoms with Gasteiger partial charge in [0.15, 0.2) is 0 Å². The molecule has 0 saturated carbocycles. The lowest BCUT2D eigenvalue weighted by Gasteiger charge is -2.39. The summed E-state index contributed by atoms with van der Waals surface area (Å²) in [6.45, 7) is 7.33. The number of rotatable bonds is 14. The number of nitrogens with zero attached hydrogens (tertiary/aromatic N) is 3. The first-order valence-corrected chi connectivity index (χ1v) is 17.4. The quantitative estimate of drug-likeness (QED) is 0.0990. The number of benzene rings is 3. The molecule has 0 spiro atoms. The maximum absolute atomic E-state index is 14.5. The molecule has 2 amide bonds. The van der Waals surface area contributed by atoms with Gasteiger partial charge in [-0.2, -0.15) is 13.2 Å². The Morgan fingerprint density at radius 1 is 0.840 bits per heavy atom. The van der Waals surface area contributed by atoms with Crippen LogP contribution in [0.4, 0.5) is 13.2 Å². The first-order chi connectivity index (χ1) is 24.1. The molecule has 0 N–H and O–H groups in total. The zero-order valence-electron chi connectivity index (χ0n) is 28.9. The molecule has 50 heavy (non-hydrogen) atoms. The Balaban J connectivity index is 1.40. The molecule has 264 valence electrons. The van der Waals surface area contributed by atoms with Gasteiger partial charge in [0.05, 0.1) is 12.1 Å². The number of amides is 2. The first kappa shape index (κ1) is 36.6. The summed E-state index contributed by atoms with van der Waals surface area (Å²) in [6.07, 6.45) is 3.13. The van der Waals surface area contributed by atoms with Gasteiger partial charge in [-0.25, -0.2) is 0 Å². The molecule has 0 aliphatic carbocycles. The van der Waals surface area contributed by atoms with Crippen LogP contribution < -0.4 is 0 Å². The molecule has 1 fully saturated rings. The van der Waals surface area contributed by atoms with Crippen molar-refractivity contribution in [2.24, 2.45) is 0 Å². The summed E-state index contributed by atoms with van der Waals surface area (Å²) >= 11 is 0. The summed E-state index contributed by atoms with van der Waals surface area (Å²) in [5.74, 6) is 1.23. The van der Waals surface area contributed by atoms with Gasteiger partial charge in [-0.1, -0.05) is 86.5 Å². The molecule has 0 radical (unpaired) electrons. The zero-order chi connectivity index (χ0) is 35.5. The molecule has 1 atom stereocenters. The largest absolute Gasteiger partial charge is 0.465 e. The van der Waals surface area contributed by atoms with E-state index in [9.17, 15) is 22.8 Å². The molecule has 1 saturated heterocycles. The van der Waals surface area contributed by atoms with Crippen molar-refractivity contribution in [2.45, 2.75) is 71.3 Å². The van der Waals surface area contributed by atoms with Gasteiger partial charge in [-0.15, -0.1) is 0 Å². The maximum atomic E-state index is 14.5. The third kappa shape index (κ3) is 10.4. The van der Waals surface area contributed by atoms with Gasteiger partial charge in [0.2, 0.25) is 11.8 Å². The number of carbonyl (C=O) groups excluding carboxylic acids is 2. The van der Waals surface area contributed by atoms with Gasteiger partial charge >= 0.3 is 6.18 Å². The van der Waals surface area contributed by atoms with Crippen molar-refractivity contribution in [2.75, 3.05) is 26.2 Å². The van der Waals surface area contributed by atoms with Crippen LogP contribution >= 0.6 is 0 Å². The summed E-state index contributed by atoms with van der Waals surface area (Å²) in [4.78, 5) is 34.3. The first-order valence-electron chi connectivity index (χ1n) is 17.4. The minimum absolute atomic E-state index is 0.130. The standard InChI is InChI=1S/C41H46F3N3O3/c1-3-4-6-9-32-13-15-35(16-14-32)29-47(39(48)23-19-33-17-20-36(21-18-33)41(42,43)44)38(28-34-10-7-5-8-11-34)40(49)46-26-24-45(25-27-46)30-37-22-12-31(2)50-37/h5,7-8,10-23,38H,3-4,6,9,24-30H2,1-2H3/t38-/m0/s1. The van der Waals surface area contributed by atoms with Crippen LogP contribution in [-0.2, 0) is 41.7 Å². The molecule has 4 aromatic rings. The fraction of sp³-hybridized carbons (Fsp3) is 0.366. The number of aryl methyl sites for hydroxylation is 2. The zero-order valence-corrected chi connectivity index (χ0v) is 28.9. The number of hydrogen-bond acceptors (Lipinski definition) is 4. The van der Waals surface area contributed by atoms with Crippen LogP contribution in [-0.4, -0.2) is 58.7 Å². The molecule has 2 heterocycles. The van der Waals surface area contributed by atoms with Crippen molar-refractivity contribution in [3.63, 3.8) is 0 Å². The lowest BCUT2D eigenvalue weighted by molar-refractivity contribution is -0.145. The minimum atomic E-state index is -4.45. The number of unbranched alkanes of at least 4 members (excludes halogenated alkanes) is 2. The Labute approximate surface area is 293 Å². The van der Waals surface area contributed by atoms with Gasteiger partial charge in [-0.3, -0.25) is 14.5 Å². The summed E-state index contributed by atoms with van der Waals surface area (Å²) in [5, 5.41) is 0. The second-order valence-corrected chi connectivity index (χ2v) is 13.0. The van der Waals surface area contributed by atoms with E-state index in [1.165, 1.54) is 29.8 Å². The van der Waals surface area contributed by atoms with Crippen LogP contribution in [0.15, 0.2) is 101 Å². The van der Waals surface area contributed by atoms with Gasteiger partial charge in [0.1, 0.15) is 17.6 Å². The summed E-state index contributed by atoms with van der Waals surface area (Å²) < 4.78 is 45.2. The van der Waals surface area contributed by atoms with Crippen molar-refractivity contribution in [1.82, 2.24) is 14.7 Å². The van der Waals surface area contributed by atoms with E-state index in [-0.39, 0.29) is 12.5 Å². The Hall–Kier alpha value is -4.63. The van der Waals surface area contributed by atoms with Gasteiger partial charge in [0, 0.05) is 45.2 Å². The number of halogens is 3. The van der Waals surface area contributed by atoms with Crippen molar-refractivity contribution in [3.05, 3.63) is 136 Å². The van der Waals surface area contributed by atoms with Gasteiger partial charge < -0.3 is 14.2 Å². The molecular formula is C41H46F3N3O3. The predicted molar refractivity (Wildman–Crippen MR) is 190 cm³/mol. The Bertz CT molecular complexity index is 1690. The van der Waals surface area contributed by atoms with E-state index in [1.807, 2.05) is 66.4 Å². The number of piperazine rings is 1. The molecule has 1 aliphatic rings. The lowest BCUT2D eigenvalue weighted by Crippen LogP contribution is -2.56. The highest BCUT2D eigenvalue weighted by molar-refractivity contribution is 5.95. The topological polar surface area (TPSA) is 57.0 Å². The van der Waals surface area contributed by atoms with Crippen LogP contribution in [0.2, 0.25) is 0 Å². The SMILES string of the molecule is CCCCCc1ccc(CN(C(=O)C=Cc2ccc(C(F)(F)F)cc2)[C@@H](Cc2ccccc2)C(=O)N2CCN(Cc3ccc(C)o3)CC2)cc1. The molecule has 6 nitrogen and oxygen atoms in total. The third-order valence-electron chi connectivity index (χ3n) is 9.18. The summed E-state index contributed by atoms with van der Waals surface area (Å²) in [6, 6.07) is 25.6. The smallest absolute Gasteiger partial charge is 0.416 e. The lowest BCUT2D eigenvalue weighted by atomic mass is 10.0. The summed E-state index contributed by atoms with van der Waals surface area (Å²) in [5.41, 5.74) is 2.74. The normalized spacial score (nSPS) is 14.6. The monoisotopic (exact) mass is 685 g/mol. The fourth-order valence-electron chi connectivity index (χ4n) is 6.27. The Kier molecular flexibility index (Phi) is 12.7. The number of hydrogen-bond donors (Lipinski definition) is 0. The molecular weight excluding hydrogens is 639 g/mol. The molecule has 5 rings (SSSR count). The fourth-order valence-corrected chi connectivity index (χ4v) is 6.27. The molecule has 3 aromatic carbocycles. The molecule has 9 heteroatoms. The molecule has 0 bridgehead atoms. The average Bonchev–Trinajstić information content (AvgIpc) is 3.53. The maximum Gasteiger partial charge on any atom is 0.416 e. The Morgan fingerprint density at radius 2 is 1.52 bits per heavy atom. The Morgan fingerprint density at radius 3 is 2.14 bits per heavy atom. The highest BCUT2D eigenvalue weighted by atomic mass is 19.4. The number of alkyl halides is 3. The van der Waals surface area contributed by atoms with Crippen molar-refractivity contribution < 1.29 is 27.2 Å². The molecule has 1 aliphatic heterocycles. The number of carbonyl (C=O) groups is 2. The molecule has 1 aromatic heterocycles. The van der Waals surface area contributed by atoms with E-state index in [0.717, 1.165) is 60.5 Å². The van der Waals surface area contributed by atoms with Crippen molar-refractivity contribution in [3.8, 4) is 0 Å². The highest BCUT2D eigenvalue weighted by Crippen LogP contribution is 2.29. The van der Waals surface area contributed by atoms with Crippen LogP contribution in [0.5, 0.6) is 0 Å². The highest BCUT2D eigenvalue weighted by Gasteiger charge is 2.34. The van der Waals surface area contributed by atoms with Crippen molar-refractivity contribution >= 4 is 17.9 Å². The van der Waals surface area contributed by atoms with Crippen LogP contribution in [0.25, 0.3) is 6.08 Å². The second-order valence-electron chi connectivity index (χ2n) is 13.0. The second kappa shape index (κ2) is 17.3. The van der Waals surface area contributed by atoms with Gasteiger partial charge in [-0.05, 0) is 72.4 Å². The average molecular weight is 686 g/mol. The van der Waals surface area contributed by atoms with E-state index in [4.69, 9.17) is 4.42 Å². The van der Waals surface area contributed by atoms with E-state index >= 15 is 0 Å². The number of furan rings is 1. The van der Waals surface area contributed by atoms with E-state index in [0.29, 0.717) is 44.7 Å². The van der Waals surface area contributed by atoms with Crippen LogP contribution in [0.3, 0.4) is 0 Å². The van der Waals surface area contributed by atoms with E-state index < -0.39 is 23.7 Å². The van der Waals surface area contributed by atoms with Crippen LogP contribution in [0.1, 0.15) is 65.5 Å².